The highest BCUT2D eigenvalue weighted by atomic mass is 14.9. The van der Waals surface area contributed by atoms with Crippen LogP contribution in [0.4, 0.5) is 0 Å². The Morgan fingerprint density at radius 1 is 1.00 bits per heavy atom. The van der Waals surface area contributed by atoms with E-state index in [2.05, 4.69) is 43.5 Å². The molecule has 0 bridgehead atoms. The standard InChI is InChI=1S/C21H30N/c1-14-9-10-19(17(4)16(14)3)20-11-15(2)18(13-22(20)8)12-21(5,6)7/h9-11,13H,12H2,1-8H3/q+1/i12D2. The first-order valence-electron chi connectivity index (χ1n) is 8.96. The maximum absolute atomic E-state index is 8.59. The van der Waals surface area contributed by atoms with Gasteiger partial charge in [-0.3, -0.25) is 0 Å². The first-order chi connectivity index (χ1) is 10.9. The minimum absolute atomic E-state index is 0.456. The van der Waals surface area contributed by atoms with Gasteiger partial charge in [0.1, 0.15) is 7.05 Å². The third kappa shape index (κ3) is 3.40. The van der Waals surface area contributed by atoms with Gasteiger partial charge in [0, 0.05) is 19.9 Å². The first kappa shape index (κ1) is 14.0. The van der Waals surface area contributed by atoms with Gasteiger partial charge in [0.15, 0.2) is 6.20 Å². The van der Waals surface area contributed by atoms with Crippen molar-refractivity contribution in [1.29, 1.82) is 0 Å². The monoisotopic (exact) mass is 298 g/mol. The molecule has 0 aliphatic carbocycles. The highest BCUT2D eigenvalue weighted by Gasteiger charge is 2.20. The second-order valence-electron chi connectivity index (χ2n) is 7.42. The Labute approximate surface area is 138 Å². The lowest BCUT2D eigenvalue weighted by Crippen LogP contribution is -2.32. The topological polar surface area (TPSA) is 3.88 Å². The van der Waals surface area contributed by atoms with Gasteiger partial charge in [-0.05, 0) is 67.8 Å². The zero-order chi connectivity index (χ0) is 18.4. The average Bonchev–Trinajstić information content (AvgIpc) is 2.46. The molecule has 1 aromatic carbocycles. The molecule has 1 heteroatoms. The highest BCUT2D eigenvalue weighted by Crippen LogP contribution is 2.28. The number of nitrogens with zero attached hydrogens (tertiary/aromatic N) is 1. The summed E-state index contributed by atoms with van der Waals surface area (Å²) in [4.78, 5) is 0. The number of pyridine rings is 1. The second kappa shape index (κ2) is 5.87. The SMILES string of the molecule is [2H]C([2H])(c1c[n+](C)c(-c2ccc(C)c(C)c2C)cc1C)C(C)(C)C. The van der Waals surface area contributed by atoms with Crippen molar-refractivity contribution >= 4 is 0 Å². The van der Waals surface area contributed by atoms with Crippen LogP contribution in [0.3, 0.4) is 0 Å². The Balaban J connectivity index is 2.67. The molecule has 0 spiro atoms. The zero-order valence-corrected chi connectivity index (χ0v) is 15.3. The van der Waals surface area contributed by atoms with E-state index in [1.165, 1.54) is 22.3 Å². The van der Waals surface area contributed by atoms with Gasteiger partial charge in [0.05, 0.1) is 0 Å². The summed E-state index contributed by atoms with van der Waals surface area (Å²) in [6.45, 7) is 14.3. The van der Waals surface area contributed by atoms with E-state index in [9.17, 15) is 0 Å². The summed E-state index contributed by atoms with van der Waals surface area (Å²) in [5.41, 5.74) is 7.56. The van der Waals surface area contributed by atoms with E-state index in [1.807, 2.05) is 40.9 Å². The van der Waals surface area contributed by atoms with Crippen LogP contribution in [0.15, 0.2) is 24.4 Å². The number of aromatic nitrogens is 1. The van der Waals surface area contributed by atoms with Crippen molar-refractivity contribution in [3.63, 3.8) is 0 Å². The number of rotatable bonds is 2. The molecule has 0 fully saturated rings. The van der Waals surface area contributed by atoms with Crippen molar-refractivity contribution in [1.82, 2.24) is 0 Å². The molecule has 0 saturated carbocycles. The van der Waals surface area contributed by atoms with Crippen molar-refractivity contribution in [2.45, 2.75) is 54.8 Å². The third-order valence-electron chi connectivity index (χ3n) is 4.32. The molecule has 0 radical (unpaired) electrons. The lowest BCUT2D eigenvalue weighted by Gasteiger charge is -2.19. The summed E-state index contributed by atoms with van der Waals surface area (Å²) in [5, 5.41) is 0. The van der Waals surface area contributed by atoms with E-state index < -0.39 is 11.8 Å². The maximum Gasteiger partial charge on any atom is 0.212 e. The number of hydrogen-bond acceptors (Lipinski definition) is 0. The van der Waals surface area contributed by atoms with Crippen LogP contribution in [-0.2, 0) is 13.4 Å². The lowest BCUT2D eigenvalue weighted by atomic mass is 9.86. The van der Waals surface area contributed by atoms with E-state index in [1.54, 1.807) is 0 Å². The van der Waals surface area contributed by atoms with E-state index in [0.29, 0.717) is 0 Å². The molecule has 0 atom stereocenters. The van der Waals surface area contributed by atoms with Gasteiger partial charge < -0.3 is 0 Å². The van der Waals surface area contributed by atoms with E-state index in [-0.39, 0.29) is 0 Å². The number of aryl methyl sites for hydroxylation is 3. The molecule has 118 valence electrons. The van der Waals surface area contributed by atoms with Crippen LogP contribution in [-0.4, -0.2) is 0 Å². The minimum atomic E-state index is -1.38. The zero-order valence-electron chi connectivity index (χ0n) is 17.3. The van der Waals surface area contributed by atoms with Crippen LogP contribution in [0, 0.1) is 33.1 Å². The van der Waals surface area contributed by atoms with Crippen LogP contribution < -0.4 is 4.57 Å². The smallest absolute Gasteiger partial charge is 0.201 e. The Hall–Kier alpha value is -1.63. The van der Waals surface area contributed by atoms with Gasteiger partial charge in [0.2, 0.25) is 5.69 Å². The predicted molar refractivity (Wildman–Crippen MR) is 95.2 cm³/mol. The van der Waals surface area contributed by atoms with Crippen LogP contribution in [0.25, 0.3) is 11.3 Å². The van der Waals surface area contributed by atoms with Crippen molar-refractivity contribution in [2.24, 2.45) is 12.5 Å². The number of hydrogen-bond donors (Lipinski definition) is 0. The quantitative estimate of drug-likeness (QED) is 0.687. The fourth-order valence-electron chi connectivity index (χ4n) is 2.79. The Morgan fingerprint density at radius 2 is 1.64 bits per heavy atom. The predicted octanol–water partition coefficient (Wildman–Crippen LogP) is 5.00. The number of benzene rings is 1. The minimum Gasteiger partial charge on any atom is -0.201 e. The molecule has 1 heterocycles. The maximum atomic E-state index is 8.59. The molecule has 1 nitrogen and oxygen atoms in total. The lowest BCUT2D eigenvalue weighted by molar-refractivity contribution is -0.660. The largest absolute Gasteiger partial charge is 0.212 e. The van der Waals surface area contributed by atoms with E-state index in [4.69, 9.17) is 2.74 Å². The molecule has 2 aromatic rings. The van der Waals surface area contributed by atoms with Gasteiger partial charge in [0.25, 0.3) is 0 Å². The molecular formula is C21H30N+. The molecule has 0 aliphatic rings. The van der Waals surface area contributed by atoms with Crippen LogP contribution in [0.1, 0.15) is 51.3 Å². The van der Waals surface area contributed by atoms with Crippen LogP contribution in [0.5, 0.6) is 0 Å². The summed E-state index contributed by atoms with van der Waals surface area (Å²) < 4.78 is 19.2. The van der Waals surface area contributed by atoms with Crippen molar-refractivity contribution in [3.05, 3.63) is 52.2 Å². The fourth-order valence-corrected chi connectivity index (χ4v) is 2.79. The third-order valence-corrected chi connectivity index (χ3v) is 4.32. The van der Waals surface area contributed by atoms with Gasteiger partial charge in [-0.1, -0.05) is 26.8 Å². The first-order valence-corrected chi connectivity index (χ1v) is 7.96. The molecule has 0 aliphatic heterocycles. The van der Waals surface area contributed by atoms with Crippen molar-refractivity contribution in [2.75, 3.05) is 0 Å². The molecule has 0 N–H and O–H groups in total. The highest BCUT2D eigenvalue weighted by molar-refractivity contribution is 5.64. The van der Waals surface area contributed by atoms with E-state index in [0.717, 1.165) is 16.8 Å². The van der Waals surface area contributed by atoms with Crippen LogP contribution >= 0.6 is 0 Å². The fraction of sp³-hybridized carbons (Fsp3) is 0.476. The van der Waals surface area contributed by atoms with Gasteiger partial charge >= 0.3 is 0 Å². The second-order valence-corrected chi connectivity index (χ2v) is 7.42. The summed E-state index contributed by atoms with van der Waals surface area (Å²) in [6, 6.07) is 6.45. The van der Waals surface area contributed by atoms with Gasteiger partial charge in [-0.2, -0.15) is 0 Å². The van der Waals surface area contributed by atoms with Gasteiger partial charge in [-0.15, -0.1) is 0 Å². The molecule has 0 unspecified atom stereocenters. The summed E-state index contributed by atoms with van der Waals surface area (Å²) in [6.07, 6.45) is 0.580. The van der Waals surface area contributed by atoms with Gasteiger partial charge in [-0.25, -0.2) is 4.57 Å². The molecular weight excluding hydrogens is 266 g/mol. The molecule has 1 aromatic heterocycles. The van der Waals surface area contributed by atoms with Crippen molar-refractivity contribution in [3.8, 4) is 11.3 Å². The average molecular weight is 298 g/mol. The summed E-state index contributed by atoms with van der Waals surface area (Å²) >= 11 is 0. The Bertz CT molecular complexity index is 783. The van der Waals surface area contributed by atoms with Crippen molar-refractivity contribution < 1.29 is 7.31 Å². The summed E-state index contributed by atoms with van der Waals surface area (Å²) in [5.74, 6) is 0. The Kier molecular flexibility index (Phi) is 3.73. The molecule has 0 amide bonds. The molecule has 0 saturated heterocycles. The Morgan fingerprint density at radius 3 is 2.23 bits per heavy atom. The normalized spacial score (nSPS) is 13.8. The van der Waals surface area contributed by atoms with Crippen LogP contribution in [0.2, 0.25) is 0 Å². The van der Waals surface area contributed by atoms with E-state index >= 15 is 0 Å². The summed E-state index contributed by atoms with van der Waals surface area (Å²) in [7, 11) is 2.01. The molecule has 2 rings (SSSR count). The molecule has 22 heavy (non-hydrogen) atoms.